The van der Waals surface area contributed by atoms with Crippen LogP contribution in [0, 0.1) is 0 Å². The molecule has 1 aliphatic carbocycles. The fraction of sp³-hybridized carbons (Fsp3) is 0.429. The molecule has 0 aromatic carbocycles. The molecule has 1 aliphatic rings. The first-order valence-corrected chi connectivity index (χ1v) is 3.59. The number of hydrogen-bond acceptors (Lipinski definition) is 1. The van der Waals surface area contributed by atoms with Gasteiger partial charge in [0.1, 0.15) is 0 Å². The van der Waals surface area contributed by atoms with Crippen molar-refractivity contribution in [3.63, 3.8) is 0 Å². The van der Waals surface area contributed by atoms with Crippen molar-refractivity contribution in [3.05, 3.63) is 23.0 Å². The number of alkyl halides is 1. The van der Waals surface area contributed by atoms with Gasteiger partial charge in [0.25, 0.3) is 0 Å². The number of allylic oxidation sites excluding steroid dienone is 3. The summed E-state index contributed by atoms with van der Waals surface area (Å²) in [7, 11) is 0. The average Bonchev–Trinajstić information content (AvgIpc) is 2.00. The van der Waals surface area contributed by atoms with E-state index in [1.807, 2.05) is 0 Å². The van der Waals surface area contributed by atoms with E-state index in [1.54, 1.807) is 0 Å². The van der Waals surface area contributed by atoms with Crippen molar-refractivity contribution < 1.29 is 8.78 Å². The quantitative estimate of drug-likeness (QED) is 0.655. The maximum absolute atomic E-state index is 13.3. The molecule has 0 aromatic heterocycles. The summed E-state index contributed by atoms with van der Waals surface area (Å²) in [4.78, 5) is 0. The molecule has 11 heavy (non-hydrogen) atoms. The van der Waals surface area contributed by atoms with Crippen LogP contribution in [0.3, 0.4) is 0 Å². The van der Waals surface area contributed by atoms with Gasteiger partial charge < -0.3 is 5.73 Å². The number of halogens is 3. The largest absolute Gasteiger partial charge is 0.327 e. The summed E-state index contributed by atoms with van der Waals surface area (Å²) >= 11 is 5.35. The summed E-state index contributed by atoms with van der Waals surface area (Å²) in [5.74, 6) is -0.954. The lowest BCUT2D eigenvalue weighted by Gasteiger charge is -2.23. The van der Waals surface area contributed by atoms with Crippen LogP contribution in [-0.4, -0.2) is 12.2 Å². The predicted molar refractivity (Wildman–Crippen MR) is 40.6 cm³/mol. The Labute approximate surface area is 68.5 Å². The van der Waals surface area contributed by atoms with E-state index in [9.17, 15) is 8.78 Å². The van der Waals surface area contributed by atoms with Crippen LogP contribution in [0.5, 0.6) is 0 Å². The molecule has 1 unspecified atom stereocenters. The smallest absolute Gasteiger partial charge is 0.179 e. The molecule has 0 radical (unpaired) electrons. The lowest BCUT2D eigenvalue weighted by Crippen LogP contribution is -2.34. The van der Waals surface area contributed by atoms with E-state index in [-0.39, 0.29) is 18.0 Å². The van der Waals surface area contributed by atoms with Gasteiger partial charge in [-0.25, -0.2) is 8.78 Å². The molecule has 0 amide bonds. The standard InChI is InChI=1S/C7H8ClF2N/c8-5-2-1-3-7(10,4-11)6(5)9/h1-2H,3-4,11H2. The fourth-order valence-corrected chi connectivity index (χ4v) is 1.16. The summed E-state index contributed by atoms with van der Waals surface area (Å²) in [6.45, 7) is -0.376. The van der Waals surface area contributed by atoms with Crippen LogP contribution in [0.2, 0.25) is 0 Å². The van der Waals surface area contributed by atoms with Gasteiger partial charge in [0.15, 0.2) is 11.5 Å². The van der Waals surface area contributed by atoms with E-state index in [4.69, 9.17) is 17.3 Å². The van der Waals surface area contributed by atoms with E-state index >= 15 is 0 Å². The molecule has 0 aromatic rings. The van der Waals surface area contributed by atoms with Crippen molar-refractivity contribution in [2.24, 2.45) is 5.73 Å². The second-order valence-corrected chi connectivity index (χ2v) is 2.85. The van der Waals surface area contributed by atoms with Crippen molar-refractivity contribution in [2.45, 2.75) is 12.1 Å². The van der Waals surface area contributed by atoms with Crippen molar-refractivity contribution in [3.8, 4) is 0 Å². The lowest BCUT2D eigenvalue weighted by atomic mass is 9.96. The van der Waals surface area contributed by atoms with Gasteiger partial charge >= 0.3 is 0 Å². The second kappa shape index (κ2) is 2.91. The molecule has 0 heterocycles. The van der Waals surface area contributed by atoms with E-state index < -0.39 is 11.5 Å². The number of nitrogens with two attached hydrogens (primary N) is 1. The van der Waals surface area contributed by atoms with Crippen LogP contribution in [0.1, 0.15) is 6.42 Å². The summed E-state index contributed by atoms with van der Waals surface area (Å²) in [5.41, 5.74) is 2.97. The van der Waals surface area contributed by atoms with Crippen LogP contribution in [0.25, 0.3) is 0 Å². The molecule has 0 fully saturated rings. The summed E-state index contributed by atoms with van der Waals surface area (Å²) in [6.07, 6.45) is 2.77. The molecule has 0 saturated carbocycles. The normalized spacial score (nSPS) is 31.3. The summed E-state index contributed by atoms with van der Waals surface area (Å²) in [5, 5.41) is -0.191. The molecule has 0 spiro atoms. The molecular formula is C7H8ClF2N. The molecule has 0 saturated heterocycles. The van der Waals surface area contributed by atoms with Crippen LogP contribution in [-0.2, 0) is 0 Å². The number of rotatable bonds is 1. The number of hydrogen-bond donors (Lipinski definition) is 1. The van der Waals surface area contributed by atoms with Gasteiger partial charge in [0.05, 0.1) is 5.03 Å². The molecule has 1 nitrogen and oxygen atoms in total. The Bertz CT molecular complexity index is 224. The highest BCUT2D eigenvalue weighted by molar-refractivity contribution is 6.31. The van der Waals surface area contributed by atoms with Gasteiger partial charge in [-0.05, 0) is 6.08 Å². The average molecular weight is 180 g/mol. The minimum Gasteiger partial charge on any atom is -0.327 e. The molecule has 4 heteroatoms. The topological polar surface area (TPSA) is 26.0 Å². The predicted octanol–water partition coefficient (Wildman–Crippen LogP) is 2.03. The van der Waals surface area contributed by atoms with Crippen LogP contribution < -0.4 is 5.73 Å². The third kappa shape index (κ3) is 1.44. The van der Waals surface area contributed by atoms with Gasteiger partial charge in [-0.15, -0.1) is 0 Å². The molecule has 2 N–H and O–H groups in total. The highest BCUT2D eigenvalue weighted by Gasteiger charge is 2.36. The van der Waals surface area contributed by atoms with Gasteiger partial charge in [0, 0.05) is 13.0 Å². The third-order valence-electron chi connectivity index (χ3n) is 1.63. The minimum absolute atomic E-state index is 0.0362. The van der Waals surface area contributed by atoms with Crippen LogP contribution in [0.4, 0.5) is 8.78 Å². The summed E-state index contributed by atoms with van der Waals surface area (Å²) < 4.78 is 26.1. The third-order valence-corrected chi connectivity index (χ3v) is 1.92. The fourth-order valence-electron chi connectivity index (χ4n) is 0.899. The summed E-state index contributed by atoms with van der Waals surface area (Å²) in [6, 6.07) is 0. The van der Waals surface area contributed by atoms with E-state index in [0.717, 1.165) is 0 Å². The second-order valence-electron chi connectivity index (χ2n) is 2.44. The van der Waals surface area contributed by atoms with Gasteiger partial charge in [-0.1, -0.05) is 17.7 Å². The maximum Gasteiger partial charge on any atom is 0.179 e. The Morgan fingerprint density at radius 1 is 1.73 bits per heavy atom. The SMILES string of the molecule is NCC1(F)CC=CC(Cl)=C1F. The molecule has 1 atom stereocenters. The Balaban J connectivity index is 2.97. The van der Waals surface area contributed by atoms with Crippen molar-refractivity contribution in [2.75, 3.05) is 6.54 Å². The maximum atomic E-state index is 13.3. The highest BCUT2D eigenvalue weighted by atomic mass is 35.5. The van der Waals surface area contributed by atoms with Crippen molar-refractivity contribution in [1.29, 1.82) is 0 Å². The monoisotopic (exact) mass is 179 g/mol. The molecule has 62 valence electrons. The highest BCUT2D eigenvalue weighted by Crippen LogP contribution is 2.34. The Morgan fingerprint density at radius 3 is 2.82 bits per heavy atom. The Kier molecular flexibility index (Phi) is 2.30. The van der Waals surface area contributed by atoms with Crippen LogP contribution >= 0.6 is 11.6 Å². The first kappa shape index (κ1) is 8.68. The van der Waals surface area contributed by atoms with Crippen molar-refractivity contribution in [1.82, 2.24) is 0 Å². The molecule has 0 aliphatic heterocycles. The Morgan fingerprint density at radius 2 is 2.36 bits per heavy atom. The first-order valence-electron chi connectivity index (χ1n) is 3.21. The lowest BCUT2D eigenvalue weighted by molar-refractivity contribution is 0.184. The Hall–Kier alpha value is -0.410. The molecule has 1 rings (SSSR count). The minimum atomic E-state index is -2.08. The van der Waals surface area contributed by atoms with Gasteiger partial charge in [0.2, 0.25) is 0 Å². The zero-order chi connectivity index (χ0) is 8.48. The van der Waals surface area contributed by atoms with Gasteiger partial charge in [-0.2, -0.15) is 0 Å². The first-order chi connectivity index (χ1) is 5.10. The van der Waals surface area contributed by atoms with E-state index in [0.29, 0.717) is 0 Å². The van der Waals surface area contributed by atoms with Crippen LogP contribution in [0.15, 0.2) is 23.0 Å². The zero-order valence-corrected chi connectivity index (χ0v) is 6.54. The zero-order valence-electron chi connectivity index (χ0n) is 5.78. The van der Waals surface area contributed by atoms with E-state index in [2.05, 4.69) is 0 Å². The molecule has 0 bridgehead atoms. The van der Waals surface area contributed by atoms with Gasteiger partial charge in [-0.3, -0.25) is 0 Å². The van der Waals surface area contributed by atoms with Crippen molar-refractivity contribution >= 4 is 11.6 Å². The molecular weight excluding hydrogens is 172 g/mol. The van der Waals surface area contributed by atoms with E-state index in [1.165, 1.54) is 12.2 Å².